The van der Waals surface area contributed by atoms with Crippen molar-refractivity contribution in [2.75, 3.05) is 6.61 Å². The van der Waals surface area contributed by atoms with E-state index in [-0.39, 0.29) is 12.2 Å². The van der Waals surface area contributed by atoms with Crippen molar-refractivity contribution in [1.82, 2.24) is 0 Å². The van der Waals surface area contributed by atoms with Crippen molar-refractivity contribution in [3.63, 3.8) is 0 Å². The molecule has 3 N–H and O–H groups in total. The summed E-state index contributed by atoms with van der Waals surface area (Å²) in [5.41, 5.74) is 0.578. The summed E-state index contributed by atoms with van der Waals surface area (Å²) in [7, 11) is 0. The lowest BCUT2D eigenvalue weighted by molar-refractivity contribution is -0.148. The number of hydrogen-bond acceptors (Lipinski definition) is 7. The summed E-state index contributed by atoms with van der Waals surface area (Å²) in [6.45, 7) is -0.563. The van der Waals surface area contributed by atoms with Crippen LogP contribution in [0.25, 0.3) is 0 Å². The van der Waals surface area contributed by atoms with Gasteiger partial charge in [-0.1, -0.05) is 30.3 Å². The fraction of sp³-hybridized carbons (Fsp3) is 0.125. The first-order valence-electron chi connectivity index (χ1n) is 6.59. The van der Waals surface area contributed by atoms with Gasteiger partial charge in [0.25, 0.3) is 0 Å². The topological polar surface area (TPSA) is 113 Å². The van der Waals surface area contributed by atoms with Crippen molar-refractivity contribution in [2.45, 2.75) is 6.61 Å². The van der Waals surface area contributed by atoms with Gasteiger partial charge in [0.1, 0.15) is 6.61 Å². The van der Waals surface area contributed by atoms with Crippen molar-refractivity contribution in [1.29, 1.82) is 0 Å². The van der Waals surface area contributed by atoms with Gasteiger partial charge in [-0.25, -0.2) is 9.59 Å². The van der Waals surface area contributed by atoms with Crippen LogP contribution in [0.2, 0.25) is 0 Å². The summed E-state index contributed by atoms with van der Waals surface area (Å²) in [5, 5.41) is 27.8. The summed E-state index contributed by atoms with van der Waals surface area (Å²) in [6.07, 6.45) is 0. The summed E-state index contributed by atoms with van der Waals surface area (Å²) in [5.74, 6) is -3.79. The van der Waals surface area contributed by atoms with E-state index in [0.29, 0.717) is 0 Å². The molecule has 23 heavy (non-hydrogen) atoms. The van der Waals surface area contributed by atoms with E-state index in [1.807, 2.05) is 6.07 Å². The van der Waals surface area contributed by atoms with Crippen LogP contribution in [0.1, 0.15) is 15.9 Å². The molecule has 0 aliphatic heterocycles. The van der Waals surface area contributed by atoms with E-state index in [4.69, 9.17) is 9.47 Å². The Morgan fingerprint density at radius 2 is 1.52 bits per heavy atom. The van der Waals surface area contributed by atoms with Crippen molar-refractivity contribution < 1.29 is 34.4 Å². The van der Waals surface area contributed by atoms with Crippen molar-refractivity contribution in [2.24, 2.45) is 0 Å². The molecule has 2 aromatic rings. The maximum absolute atomic E-state index is 11.7. The SMILES string of the molecule is O=C(COC(=O)c1cc(O)c(O)c(O)c1)OCc1ccccc1. The number of phenols is 3. The highest BCUT2D eigenvalue weighted by molar-refractivity contribution is 5.92. The fourth-order valence-electron chi connectivity index (χ4n) is 1.71. The standard InChI is InChI=1S/C16H14O7/c17-12-6-11(7-13(18)15(12)20)16(21)23-9-14(19)22-8-10-4-2-1-3-5-10/h1-7,17-18,20H,8-9H2. The van der Waals surface area contributed by atoms with Gasteiger partial charge in [0.2, 0.25) is 0 Å². The van der Waals surface area contributed by atoms with Crippen molar-refractivity contribution >= 4 is 11.9 Å². The molecule has 0 amide bonds. The molecule has 120 valence electrons. The Bertz CT molecular complexity index is 687. The zero-order valence-electron chi connectivity index (χ0n) is 11.9. The third-order valence-corrected chi connectivity index (χ3v) is 2.87. The highest BCUT2D eigenvalue weighted by Crippen LogP contribution is 2.35. The Morgan fingerprint density at radius 1 is 0.913 bits per heavy atom. The Labute approximate surface area is 131 Å². The Kier molecular flexibility index (Phi) is 5.03. The monoisotopic (exact) mass is 318 g/mol. The molecule has 0 saturated heterocycles. The van der Waals surface area contributed by atoms with Gasteiger partial charge >= 0.3 is 11.9 Å². The number of benzene rings is 2. The second kappa shape index (κ2) is 7.17. The molecule has 0 saturated carbocycles. The van der Waals surface area contributed by atoms with Crippen LogP contribution in [-0.4, -0.2) is 33.9 Å². The number of esters is 2. The lowest BCUT2D eigenvalue weighted by Gasteiger charge is -2.07. The summed E-state index contributed by atoms with van der Waals surface area (Å²) in [6, 6.07) is 10.8. The van der Waals surface area contributed by atoms with Gasteiger partial charge < -0.3 is 24.8 Å². The molecule has 0 atom stereocenters. The quantitative estimate of drug-likeness (QED) is 0.568. The molecule has 0 bridgehead atoms. The predicted molar refractivity (Wildman–Crippen MR) is 78.0 cm³/mol. The molecule has 2 aromatic carbocycles. The summed E-state index contributed by atoms with van der Waals surface area (Å²) < 4.78 is 9.64. The number of phenolic OH excluding ortho intramolecular Hbond substituents is 3. The first-order chi connectivity index (χ1) is 11.0. The van der Waals surface area contributed by atoms with Gasteiger partial charge in [-0.15, -0.1) is 0 Å². The number of aromatic hydroxyl groups is 3. The minimum atomic E-state index is -0.952. The first kappa shape index (κ1) is 16.2. The van der Waals surface area contributed by atoms with Crippen LogP contribution in [0, 0.1) is 0 Å². The number of ether oxygens (including phenoxy) is 2. The van der Waals surface area contributed by atoms with Crippen LogP contribution >= 0.6 is 0 Å². The molecule has 0 fully saturated rings. The number of rotatable bonds is 5. The highest BCUT2D eigenvalue weighted by Gasteiger charge is 2.16. The second-order valence-electron chi connectivity index (χ2n) is 4.59. The molecule has 7 nitrogen and oxygen atoms in total. The van der Waals surface area contributed by atoms with E-state index >= 15 is 0 Å². The zero-order valence-corrected chi connectivity index (χ0v) is 11.9. The van der Waals surface area contributed by atoms with E-state index in [9.17, 15) is 24.9 Å². The minimum absolute atomic E-state index is 0.0536. The predicted octanol–water partition coefficient (Wildman–Crippen LogP) is 1.70. The van der Waals surface area contributed by atoms with Crippen molar-refractivity contribution in [3.05, 3.63) is 53.6 Å². The van der Waals surface area contributed by atoms with Crippen LogP contribution < -0.4 is 0 Å². The Morgan fingerprint density at radius 3 is 2.13 bits per heavy atom. The van der Waals surface area contributed by atoms with Gasteiger partial charge in [0.05, 0.1) is 5.56 Å². The maximum Gasteiger partial charge on any atom is 0.344 e. The molecule has 7 heteroatoms. The molecule has 0 heterocycles. The van der Waals surface area contributed by atoms with Gasteiger partial charge in [-0.2, -0.15) is 0 Å². The Hall–Kier alpha value is -3.22. The molecule has 2 rings (SSSR count). The van der Waals surface area contributed by atoms with Crippen LogP contribution in [0.15, 0.2) is 42.5 Å². The number of carbonyl (C=O) groups excluding carboxylic acids is 2. The fourth-order valence-corrected chi connectivity index (χ4v) is 1.71. The lowest BCUT2D eigenvalue weighted by Crippen LogP contribution is -2.16. The summed E-state index contributed by atoms with van der Waals surface area (Å²) >= 11 is 0. The van der Waals surface area contributed by atoms with Gasteiger partial charge in [-0.05, 0) is 17.7 Å². The molecule has 0 spiro atoms. The van der Waals surface area contributed by atoms with Crippen LogP contribution in [0.4, 0.5) is 0 Å². The third-order valence-electron chi connectivity index (χ3n) is 2.87. The molecular weight excluding hydrogens is 304 g/mol. The molecule has 0 aliphatic rings. The molecule has 0 aromatic heterocycles. The van der Waals surface area contributed by atoms with Crippen LogP contribution in [0.3, 0.4) is 0 Å². The molecule has 0 unspecified atom stereocenters. The highest BCUT2D eigenvalue weighted by atomic mass is 16.6. The molecule has 0 aliphatic carbocycles. The van der Waals surface area contributed by atoms with E-state index in [0.717, 1.165) is 17.7 Å². The normalized spacial score (nSPS) is 10.1. The van der Waals surface area contributed by atoms with Crippen LogP contribution in [0.5, 0.6) is 17.2 Å². The van der Waals surface area contributed by atoms with Crippen molar-refractivity contribution in [3.8, 4) is 17.2 Å². The third kappa shape index (κ3) is 4.37. The minimum Gasteiger partial charge on any atom is -0.504 e. The summed E-state index contributed by atoms with van der Waals surface area (Å²) in [4.78, 5) is 23.2. The zero-order chi connectivity index (χ0) is 16.8. The van der Waals surface area contributed by atoms with Crippen LogP contribution in [-0.2, 0) is 20.9 Å². The van der Waals surface area contributed by atoms with E-state index in [2.05, 4.69) is 0 Å². The van der Waals surface area contributed by atoms with Gasteiger partial charge in [0, 0.05) is 0 Å². The molecule has 0 radical (unpaired) electrons. The maximum atomic E-state index is 11.7. The number of carbonyl (C=O) groups is 2. The average molecular weight is 318 g/mol. The largest absolute Gasteiger partial charge is 0.504 e. The van der Waals surface area contributed by atoms with Gasteiger partial charge in [-0.3, -0.25) is 0 Å². The van der Waals surface area contributed by atoms with E-state index in [1.165, 1.54) is 0 Å². The first-order valence-corrected chi connectivity index (χ1v) is 6.59. The number of hydrogen-bond donors (Lipinski definition) is 3. The Balaban J connectivity index is 1.85. The molecular formula is C16H14O7. The lowest BCUT2D eigenvalue weighted by atomic mass is 10.2. The smallest absolute Gasteiger partial charge is 0.344 e. The van der Waals surface area contributed by atoms with E-state index in [1.54, 1.807) is 24.3 Å². The second-order valence-corrected chi connectivity index (χ2v) is 4.59. The van der Waals surface area contributed by atoms with E-state index < -0.39 is 35.8 Å². The average Bonchev–Trinajstić information content (AvgIpc) is 2.56. The van der Waals surface area contributed by atoms with Gasteiger partial charge in [0.15, 0.2) is 23.9 Å².